The summed E-state index contributed by atoms with van der Waals surface area (Å²) in [4.78, 5) is 0. The molecule has 29 heavy (non-hydrogen) atoms. The second kappa shape index (κ2) is 10.1. The van der Waals surface area contributed by atoms with Gasteiger partial charge in [0.2, 0.25) is 0 Å². The molecule has 1 aromatic carbocycles. The van der Waals surface area contributed by atoms with Gasteiger partial charge in [-0.05, 0) is 59.9 Å². The van der Waals surface area contributed by atoms with Gasteiger partial charge in [0.05, 0.1) is 30.7 Å². The van der Waals surface area contributed by atoms with Crippen LogP contribution >= 0.6 is 11.8 Å². The number of thioether (sulfide) groups is 1. The minimum atomic E-state index is -0.860. The predicted octanol–water partition coefficient (Wildman–Crippen LogP) is 3.63. The molecule has 3 rings (SSSR count). The Kier molecular flexibility index (Phi) is 7.77. The molecule has 1 aliphatic carbocycles. The zero-order valence-electron chi connectivity index (χ0n) is 17.3. The maximum absolute atomic E-state index is 10.7. The van der Waals surface area contributed by atoms with Crippen molar-refractivity contribution >= 4 is 11.8 Å². The number of benzene rings is 1. The first kappa shape index (κ1) is 22.3. The van der Waals surface area contributed by atoms with Crippen molar-refractivity contribution in [3.05, 3.63) is 70.8 Å². The first-order valence-corrected chi connectivity index (χ1v) is 11.2. The predicted molar refractivity (Wildman–Crippen MR) is 119 cm³/mol. The van der Waals surface area contributed by atoms with E-state index in [0.717, 1.165) is 24.0 Å². The Bertz CT molecular complexity index is 785. The lowest BCUT2D eigenvalue weighted by Crippen LogP contribution is -2.40. The molecule has 0 saturated carbocycles. The van der Waals surface area contributed by atoms with Crippen molar-refractivity contribution in [2.45, 2.75) is 55.5 Å². The standard InChI is InChI=1S/C24H32O4S/c1-4-16-5-7-17(8-6-16)10-18-11-21(19(14-28-3)9-15(18)2)24-23(27)22(26)12-20(13-25)29-24/h4-7,9,11,17,20,22-27H,1,8,10,12-14H2,2-3H3/t17?,20?,22?,23-,24?/m1/s1. The van der Waals surface area contributed by atoms with Crippen molar-refractivity contribution in [2.24, 2.45) is 5.92 Å². The van der Waals surface area contributed by atoms with Crippen LogP contribution in [0.15, 0.2) is 48.6 Å². The van der Waals surface area contributed by atoms with E-state index in [1.165, 1.54) is 16.7 Å². The van der Waals surface area contributed by atoms with Crippen molar-refractivity contribution in [2.75, 3.05) is 13.7 Å². The normalized spacial score (nSPS) is 29.6. The molecular weight excluding hydrogens is 384 g/mol. The molecule has 2 aliphatic rings. The minimum Gasteiger partial charge on any atom is -0.395 e. The highest BCUT2D eigenvalue weighted by Crippen LogP contribution is 2.45. The van der Waals surface area contributed by atoms with Crippen molar-refractivity contribution in [3.8, 4) is 0 Å². The molecule has 1 saturated heterocycles. The van der Waals surface area contributed by atoms with E-state index in [0.29, 0.717) is 18.9 Å². The molecule has 4 unspecified atom stereocenters. The molecular formula is C24H32O4S. The van der Waals surface area contributed by atoms with E-state index < -0.39 is 12.2 Å². The fraction of sp³-hybridized carbons (Fsp3) is 0.500. The van der Waals surface area contributed by atoms with Gasteiger partial charge in [0.1, 0.15) is 0 Å². The number of aryl methyl sites for hydroxylation is 1. The summed E-state index contributed by atoms with van der Waals surface area (Å²) in [6.07, 6.45) is 9.08. The summed E-state index contributed by atoms with van der Waals surface area (Å²) < 4.78 is 5.41. The van der Waals surface area contributed by atoms with Gasteiger partial charge in [-0.2, -0.15) is 0 Å². The molecule has 0 bridgehead atoms. The van der Waals surface area contributed by atoms with E-state index in [1.54, 1.807) is 18.9 Å². The van der Waals surface area contributed by atoms with E-state index in [1.807, 2.05) is 6.08 Å². The van der Waals surface area contributed by atoms with E-state index in [4.69, 9.17) is 4.74 Å². The Morgan fingerprint density at radius 2 is 2.07 bits per heavy atom. The van der Waals surface area contributed by atoms with Crippen LogP contribution in [-0.2, 0) is 17.8 Å². The lowest BCUT2D eigenvalue weighted by molar-refractivity contribution is 0.00494. The topological polar surface area (TPSA) is 69.9 Å². The molecule has 0 amide bonds. The van der Waals surface area contributed by atoms with Crippen LogP contribution in [0.5, 0.6) is 0 Å². The highest BCUT2D eigenvalue weighted by Gasteiger charge is 2.38. The Balaban J connectivity index is 1.91. The molecule has 3 N–H and O–H groups in total. The molecule has 5 heteroatoms. The van der Waals surface area contributed by atoms with Crippen LogP contribution < -0.4 is 0 Å². The Morgan fingerprint density at radius 3 is 2.69 bits per heavy atom. The van der Waals surface area contributed by atoms with Gasteiger partial charge in [0.25, 0.3) is 0 Å². The Labute approximate surface area is 178 Å². The maximum Gasteiger partial charge on any atom is 0.0958 e. The van der Waals surface area contributed by atoms with Gasteiger partial charge >= 0.3 is 0 Å². The number of aliphatic hydroxyl groups is 3. The average Bonchev–Trinajstić information content (AvgIpc) is 2.72. The van der Waals surface area contributed by atoms with E-state index in [-0.39, 0.29) is 17.1 Å². The van der Waals surface area contributed by atoms with E-state index in [2.05, 4.69) is 43.9 Å². The summed E-state index contributed by atoms with van der Waals surface area (Å²) in [6.45, 7) is 6.39. The van der Waals surface area contributed by atoms with Crippen molar-refractivity contribution in [1.82, 2.24) is 0 Å². The van der Waals surface area contributed by atoms with Crippen molar-refractivity contribution in [3.63, 3.8) is 0 Å². The third-order valence-electron chi connectivity index (χ3n) is 5.89. The van der Waals surface area contributed by atoms with Gasteiger partial charge in [-0.15, -0.1) is 11.8 Å². The SMILES string of the molecule is C=CC1=CCC(Cc2cc(C3SC(CO)CC(O)[C@H]3O)c(COC)cc2C)C=C1. The number of ether oxygens (including phenoxy) is 1. The van der Waals surface area contributed by atoms with Crippen LogP contribution in [-0.4, -0.2) is 46.5 Å². The molecule has 0 radical (unpaired) electrons. The molecule has 158 valence electrons. The van der Waals surface area contributed by atoms with Crippen LogP contribution in [0.2, 0.25) is 0 Å². The summed E-state index contributed by atoms with van der Waals surface area (Å²) >= 11 is 1.55. The number of hydrogen-bond donors (Lipinski definition) is 3. The van der Waals surface area contributed by atoms with Gasteiger partial charge in [0, 0.05) is 12.4 Å². The van der Waals surface area contributed by atoms with Crippen LogP contribution in [0.25, 0.3) is 0 Å². The lowest BCUT2D eigenvalue weighted by atomic mass is 9.86. The molecule has 5 atom stereocenters. The monoisotopic (exact) mass is 416 g/mol. The van der Waals surface area contributed by atoms with Crippen molar-refractivity contribution < 1.29 is 20.1 Å². The molecule has 0 spiro atoms. The van der Waals surface area contributed by atoms with E-state index >= 15 is 0 Å². The van der Waals surface area contributed by atoms with Gasteiger partial charge < -0.3 is 20.1 Å². The third-order valence-corrected chi connectivity index (χ3v) is 7.44. The molecule has 4 nitrogen and oxygen atoms in total. The summed E-state index contributed by atoms with van der Waals surface area (Å²) in [7, 11) is 1.67. The Morgan fingerprint density at radius 1 is 1.28 bits per heavy atom. The number of aliphatic hydroxyl groups excluding tert-OH is 3. The molecule has 1 aliphatic heterocycles. The first-order valence-electron chi connectivity index (χ1n) is 10.2. The Hall–Kier alpha value is -1.37. The number of allylic oxidation sites excluding steroid dienone is 5. The largest absolute Gasteiger partial charge is 0.395 e. The zero-order chi connectivity index (χ0) is 21.0. The second-order valence-electron chi connectivity index (χ2n) is 8.03. The lowest BCUT2D eigenvalue weighted by Gasteiger charge is -2.37. The van der Waals surface area contributed by atoms with Gasteiger partial charge in [0.15, 0.2) is 0 Å². The first-order chi connectivity index (χ1) is 14.0. The van der Waals surface area contributed by atoms with Gasteiger partial charge in [-0.25, -0.2) is 0 Å². The smallest absolute Gasteiger partial charge is 0.0958 e. The fourth-order valence-corrected chi connectivity index (χ4v) is 5.71. The number of rotatable bonds is 7. The summed E-state index contributed by atoms with van der Waals surface area (Å²) in [5.41, 5.74) is 5.66. The quantitative estimate of drug-likeness (QED) is 0.633. The minimum absolute atomic E-state index is 0.00584. The molecule has 1 aromatic rings. The fourth-order valence-electron chi connectivity index (χ4n) is 4.19. The molecule has 0 aromatic heterocycles. The van der Waals surface area contributed by atoms with E-state index in [9.17, 15) is 15.3 Å². The van der Waals surface area contributed by atoms with Crippen LogP contribution in [0.1, 0.15) is 40.3 Å². The summed E-state index contributed by atoms with van der Waals surface area (Å²) in [6, 6.07) is 4.32. The highest BCUT2D eigenvalue weighted by atomic mass is 32.2. The second-order valence-corrected chi connectivity index (χ2v) is 9.48. The van der Waals surface area contributed by atoms with Crippen LogP contribution in [0.4, 0.5) is 0 Å². The van der Waals surface area contributed by atoms with Crippen LogP contribution in [0, 0.1) is 12.8 Å². The van der Waals surface area contributed by atoms with Gasteiger partial charge in [-0.1, -0.05) is 43.0 Å². The summed E-state index contributed by atoms with van der Waals surface area (Å²) in [5.74, 6) is 0.429. The molecule has 1 heterocycles. The third kappa shape index (κ3) is 5.22. The number of hydrogen-bond acceptors (Lipinski definition) is 5. The van der Waals surface area contributed by atoms with Crippen molar-refractivity contribution in [1.29, 1.82) is 0 Å². The summed E-state index contributed by atoms with van der Waals surface area (Å²) in [5, 5.41) is 30.3. The number of methoxy groups -OCH3 is 1. The molecule has 1 fully saturated rings. The zero-order valence-corrected chi connectivity index (χ0v) is 18.1. The van der Waals surface area contributed by atoms with Crippen LogP contribution in [0.3, 0.4) is 0 Å². The average molecular weight is 417 g/mol. The highest BCUT2D eigenvalue weighted by molar-refractivity contribution is 8.00. The van der Waals surface area contributed by atoms with Gasteiger partial charge in [-0.3, -0.25) is 0 Å². The maximum atomic E-state index is 10.7.